The van der Waals surface area contributed by atoms with Gasteiger partial charge in [0.2, 0.25) is 0 Å². The third kappa shape index (κ3) is 9.45. The smallest absolute Gasteiger partial charge is 0.491 e. The Hall–Kier alpha value is -3.11. The van der Waals surface area contributed by atoms with Crippen LogP contribution in [0.4, 0.5) is 24.8 Å². The summed E-state index contributed by atoms with van der Waals surface area (Å²) in [6, 6.07) is 4.83. The van der Waals surface area contributed by atoms with Gasteiger partial charge in [-0.2, -0.15) is 0 Å². The Bertz CT molecular complexity index is 1280. The molecule has 250 valence electrons. The fourth-order valence-corrected chi connectivity index (χ4v) is 6.07. The first-order valence-corrected chi connectivity index (χ1v) is 15.4. The zero-order valence-corrected chi connectivity index (χ0v) is 26.2. The van der Waals surface area contributed by atoms with Crippen molar-refractivity contribution in [1.29, 1.82) is 0 Å². The van der Waals surface area contributed by atoms with E-state index in [1.54, 1.807) is 6.07 Å². The van der Waals surface area contributed by atoms with E-state index in [1.165, 1.54) is 19.2 Å². The molecule has 0 aliphatic carbocycles. The fraction of sp³-hybridized carbons (Fsp3) is 0.621. The number of ether oxygens (including phenoxy) is 3. The molecule has 4 rings (SSSR count). The van der Waals surface area contributed by atoms with Gasteiger partial charge < -0.3 is 35.3 Å². The number of hydrogen-bond donors (Lipinski definition) is 3. The molecular formula is C29H41ClF3N7O5. The van der Waals surface area contributed by atoms with Crippen LogP contribution in [0.25, 0.3) is 0 Å². The second kappa shape index (κ2) is 15.9. The van der Waals surface area contributed by atoms with Crippen LogP contribution in [0, 0.1) is 0 Å². The van der Waals surface area contributed by atoms with E-state index in [4.69, 9.17) is 31.9 Å². The molecule has 3 heterocycles. The van der Waals surface area contributed by atoms with Crippen molar-refractivity contribution >= 4 is 29.1 Å². The molecule has 2 saturated heterocycles. The minimum atomic E-state index is -4.79. The monoisotopic (exact) mass is 659 g/mol. The number of rotatable bonds is 13. The largest absolute Gasteiger partial charge is 0.573 e. The lowest BCUT2D eigenvalue weighted by Crippen LogP contribution is -2.58. The highest BCUT2D eigenvalue weighted by atomic mass is 35.5. The van der Waals surface area contributed by atoms with Crippen LogP contribution in [0.5, 0.6) is 11.5 Å². The third-order valence-electron chi connectivity index (χ3n) is 8.01. The number of amides is 1. The number of methoxy groups -OCH3 is 1. The third-order valence-corrected chi connectivity index (χ3v) is 8.27. The van der Waals surface area contributed by atoms with Crippen molar-refractivity contribution in [2.75, 3.05) is 76.8 Å². The number of carbonyl (C=O) groups is 1. The second-order valence-corrected chi connectivity index (χ2v) is 11.3. The minimum absolute atomic E-state index is 0.0255. The highest BCUT2D eigenvalue weighted by Gasteiger charge is 2.35. The maximum absolute atomic E-state index is 12.8. The zero-order chi connectivity index (χ0) is 32.6. The molecule has 1 amide bonds. The Labute approximate surface area is 265 Å². The van der Waals surface area contributed by atoms with Crippen molar-refractivity contribution in [2.24, 2.45) is 0 Å². The van der Waals surface area contributed by atoms with E-state index >= 15 is 0 Å². The number of carbonyl (C=O) groups excluding carboxylic acids is 1. The number of alkyl halides is 3. The van der Waals surface area contributed by atoms with E-state index in [9.17, 15) is 18.0 Å². The SMILES string of the molecule is CC[C@H]1CN(c2nc(N)c(C(=O)NCCO)nc2Cl)CCN1C1CCN(Cc2ccc(OC(F)(F)F)cc2OCCOC)CC1. The van der Waals surface area contributed by atoms with Gasteiger partial charge in [0, 0.05) is 63.5 Å². The molecule has 12 nitrogen and oxygen atoms in total. The number of piperidine rings is 1. The number of benzene rings is 1. The lowest BCUT2D eigenvalue weighted by molar-refractivity contribution is -0.274. The highest BCUT2D eigenvalue weighted by Crippen LogP contribution is 2.32. The highest BCUT2D eigenvalue weighted by molar-refractivity contribution is 6.32. The maximum atomic E-state index is 12.8. The predicted molar refractivity (Wildman–Crippen MR) is 163 cm³/mol. The van der Waals surface area contributed by atoms with Crippen LogP contribution in [-0.2, 0) is 11.3 Å². The number of aromatic nitrogens is 2. The summed E-state index contributed by atoms with van der Waals surface area (Å²) in [5, 5.41) is 11.6. The molecule has 2 aromatic rings. The Balaban J connectivity index is 1.36. The van der Waals surface area contributed by atoms with E-state index in [-0.39, 0.29) is 48.2 Å². The van der Waals surface area contributed by atoms with E-state index in [0.29, 0.717) is 43.9 Å². The first kappa shape index (κ1) is 34.8. The Morgan fingerprint density at radius 1 is 1.18 bits per heavy atom. The normalized spacial score (nSPS) is 18.6. The molecule has 2 aliphatic heterocycles. The molecule has 4 N–H and O–H groups in total. The molecule has 1 aromatic heterocycles. The van der Waals surface area contributed by atoms with Gasteiger partial charge in [0.25, 0.3) is 5.91 Å². The summed E-state index contributed by atoms with van der Waals surface area (Å²) in [6.07, 6.45) is -1.99. The first-order valence-electron chi connectivity index (χ1n) is 15.0. The van der Waals surface area contributed by atoms with Crippen LogP contribution in [0.2, 0.25) is 5.15 Å². The van der Waals surface area contributed by atoms with Crippen LogP contribution in [-0.4, -0.2) is 115 Å². The standard InChI is InChI=1S/C29H41ClF3N7O5/c1-3-20-18-39(27-25(30)36-24(26(34)37-27)28(42)35-8-13-41)11-12-40(20)21-6-9-38(10-7-21)17-19-4-5-22(45-29(31,32)33)16-23(19)44-15-14-43-2/h4-5,16,20-21,41H,3,6-15,17-18H2,1-2H3,(H2,34,37)(H,35,42)/t20-/m0/s1. The van der Waals surface area contributed by atoms with Crippen molar-refractivity contribution in [2.45, 2.75) is 51.2 Å². The van der Waals surface area contributed by atoms with Crippen LogP contribution in [0.3, 0.4) is 0 Å². The molecule has 0 saturated carbocycles. The first-order chi connectivity index (χ1) is 21.5. The average molecular weight is 660 g/mol. The van der Waals surface area contributed by atoms with E-state index in [0.717, 1.165) is 44.5 Å². The van der Waals surface area contributed by atoms with Crippen LogP contribution in [0.15, 0.2) is 18.2 Å². The van der Waals surface area contributed by atoms with Gasteiger partial charge in [-0.3, -0.25) is 14.6 Å². The zero-order valence-electron chi connectivity index (χ0n) is 25.5. The topological polar surface area (TPSA) is 139 Å². The number of halogens is 4. The summed E-state index contributed by atoms with van der Waals surface area (Å²) >= 11 is 6.46. The second-order valence-electron chi connectivity index (χ2n) is 11.0. The average Bonchev–Trinajstić information content (AvgIpc) is 3.01. The van der Waals surface area contributed by atoms with Gasteiger partial charge in [-0.05, 0) is 38.4 Å². The summed E-state index contributed by atoms with van der Waals surface area (Å²) in [7, 11) is 1.53. The van der Waals surface area contributed by atoms with Crippen molar-refractivity contribution in [1.82, 2.24) is 25.1 Å². The molecule has 1 aromatic carbocycles. The molecule has 0 bridgehead atoms. The summed E-state index contributed by atoms with van der Waals surface area (Å²) < 4.78 is 53.2. The Morgan fingerprint density at radius 2 is 1.93 bits per heavy atom. The molecule has 45 heavy (non-hydrogen) atoms. The van der Waals surface area contributed by atoms with E-state index in [1.807, 2.05) is 0 Å². The number of hydrogen-bond acceptors (Lipinski definition) is 11. The summed E-state index contributed by atoms with van der Waals surface area (Å²) in [6.45, 7) is 6.83. The van der Waals surface area contributed by atoms with Crippen molar-refractivity contribution in [3.8, 4) is 11.5 Å². The predicted octanol–water partition coefficient (Wildman–Crippen LogP) is 2.92. The molecule has 1 atom stereocenters. The van der Waals surface area contributed by atoms with Crippen LogP contribution < -0.4 is 25.4 Å². The van der Waals surface area contributed by atoms with Crippen molar-refractivity contribution in [3.63, 3.8) is 0 Å². The van der Waals surface area contributed by atoms with Crippen molar-refractivity contribution in [3.05, 3.63) is 34.6 Å². The molecule has 0 spiro atoms. The number of nitrogen functional groups attached to an aromatic ring is 1. The number of nitrogens with two attached hydrogens (primary N) is 1. The minimum Gasteiger partial charge on any atom is -0.491 e. The number of likely N-dealkylation sites (tertiary alicyclic amines) is 1. The van der Waals surface area contributed by atoms with Gasteiger partial charge >= 0.3 is 6.36 Å². The number of aliphatic hydroxyl groups excluding tert-OH is 1. The van der Waals surface area contributed by atoms with Crippen molar-refractivity contribution < 1.29 is 37.3 Å². The number of piperazine rings is 1. The van der Waals surface area contributed by atoms with Gasteiger partial charge in [-0.25, -0.2) is 9.97 Å². The number of aliphatic hydroxyl groups is 1. The summed E-state index contributed by atoms with van der Waals surface area (Å²) in [5.74, 6) is -0.110. The molecule has 2 fully saturated rings. The van der Waals surface area contributed by atoms with Gasteiger partial charge in [0.05, 0.1) is 13.2 Å². The Morgan fingerprint density at radius 3 is 2.60 bits per heavy atom. The lowest BCUT2D eigenvalue weighted by atomic mass is 9.97. The van der Waals surface area contributed by atoms with Gasteiger partial charge in [-0.15, -0.1) is 13.2 Å². The van der Waals surface area contributed by atoms with Gasteiger partial charge in [0.15, 0.2) is 22.5 Å². The number of nitrogens with one attached hydrogen (secondary N) is 1. The van der Waals surface area contributed by atoms with E-state index in [2.05, 4.69) is 41.6 Å². The maximum Gasteiger partial charge on any atom is 0.573 e. The summed E-state index contributed by atoms with van der Waals surface area (Å²) in [5.41, 5.74) is 6.77. The molecule has 0 unspecified atom stereocenters. The molecule has 16 heteroatoms. The van der Waals surface area contributed by atoms with Gasteiger partial charge in [0.1, 0.15) is 18.1 Å². The lowest BCUT2D eigenvalue weighted by Gasteiger charge is -2.47. The number of nitrogens with zero attached hydrogens (tertiary/aromatic N) is 5. The Kier molecular flexibility index (Phi) is 12.3. The quantitative estimate of drug-likeness (QED) is 0.274. The fourth-order valence-electron chi connectivity index (χ4n) is 5.83. The molecule has 2 aliphatic rings. The molecular weight excluding hydrogens is 619 g/mol. The van der Waals surface area contributed by atoms with E-state index < -0.39 is 12.3 Å². The van der Waals surface area contributed by atoms with Gasteiger partial charge in [-0.1, -0.05) is 24.6 Å². The number of anilines is 2. The van der Waals surface area contributed by atoms with Crippen LogP contribution >= 0.6 is 11.6 Å². The van der Waals surface area contributed by atoms with Crippen LogP contribution in [0.1, 0.15) is 42.2 Å². The summed E-state index contributed by atoms with van der Waals surface area (Å²) in [4.78, 5) is 27.8. The molecule has 0 radical (unpaired) electrons.